The number of carbonyl (C=O) groups is 1. The molecule has 0 unspecified atom stereocenters. The van der Waals surface area contributed by atoms with Gasteiger partial charge in [-0.15, -0.1) is 5.10 Å². The van der Waals surface area contributed by atoms with E-state index >= 15 is 0 Å². The zero-order valence-electron chi connectivity index (χ0n) is 17.0. The molecule has 4 rings (SSSR count). The third kappa shape index (κ3) is 3.56. The molecule has 3 aromatic heterocycles. The predicted molar refractivity (Wildman–Crippen MR) is 116 cm³/mol. The lowest BCUT2D eigenvalue weighted by Crippen LogP contribution is -2.20. The predicted octanol–water partition coefficient (Wildman–Crippen LogP) is 3.42. The van der Waals surface area contributed by atoms with Gasteiger partial charge in [-0.3, -0.25) is 9.36 Å². The van der Waals surface area contributed by atoms with E-state index in [0.717, 1.165) is 12.8 Å². The number of thioether (sulfide) groups is 1. The quantitative estimate of drug-likeness (QED) is 0.267. The first-order valence-corrected chi connectivity index (χ1v) is 10.9. The molecule has 30 heavy (non-hydrogen) atoms. The Balaban J connectivity index is 1.74. The van der Waals surface area contributed by atoms with Crippen molar-refractivity contribution in [2.24, 2.45) is 0 Å². The Kier molecular flexibility index (Phi) is 5.54. The molecule has 0 N–H and O–H groups in total. The maximum Gasteiger partial charge on any atom is 0.338 e. The van der Waals surface area contributed by atoms with Crippen LogP contribution in [0.5, 0.6) is 0 Å². The zero-order valence-corrected chi connectivity index (χ0v) is 17.8. The smallest absolute Gasteiger partial charge is 0.338 e. The van der Waals surface area contributed by atoms with Crippen LogP contribution in [0.15, 0.2) is 46.5 Å². The zero-order chi connectivity index (χ0) is 21.3. The van der Waals surface area contributed by atoms with Crippen molar-refractivity contribution in [1.29, 1.82) is 0 Å². The van der Waals surface area contributed by atoms with Gasteiger partial charge in [0.2, 0.25) is 5.16 Å². The number of unbranched alkanes of at least 4 members (excludes halogenated alkanes) is 1. The van der Waals surface area contributed by atoms with Gasteiger partial charge in [0.05, 0.1) is 28.8 Å². The van der Waals surface area contributed by atoms with Crippen LogP contribution in [0, 0.1) is 6.92 Å². The number of hydrogen-bond donors (Lipinski definition) is 0. The van der Waals surface area contributed by atoms with Crippen molar-refractivity contribution in [2.75, 3.05) is 12.9 Å². The normalized spacial score (nSPS) is 11.3. The number of esters is 1. The molecule has 154 valence electrons. The molecule has 0 aliphatic carbocycles. The monoisotopic (exact) mass is 423 g/mol. The van der Waals surface area contributed by atoms with E-state index in [1.165, 1.54) is 16.3 Å². The topological polar surface area (TPSA) is 91.4 Å². The van der Waals surface area contributed by atoms with E-state index in [1.54, 1.807) is 41.9 Å². The lowest BCUT2D eigenvalue weighted by atomic mass is 10.2. The Labute approximate surface area is 176 Å². The number of pyridine rings is 1. The number of fused-ring (bicyclic) bond motifs is 3. The number of carbonyl (C=O) groups excluding carboxylic acids is 1. The second-order valence-electron chi connectivity index (χ2n) is 6.79. The summed E-state index contributed by atoms with van der Waals surface area (Å²) in [5.41, 5.74) is 2.14. The number of hydrogen-bond acceptors (Lipinski definition) is 7. The van der Waals surface area contributed by atoms with E-state index in [-0.39, 0.29) is 11.5 Å². The Hall–Kier alpha value is -3.20. The van der Waals surface area contributed by atoms with Gasteiger partial charge in [-0.2, -0.15) is 9.50 Å². The van der Waals surface area contributed by atoms with Crippen LogP contribution in [0.4, 0.5) is 0 Å². The number of nitrogens with zero attached hydrogens (tertiary/aromatic N) is 5. The minimum absolute atomic E-state index is 0.209. The van der Waals surface area contributed by atoms with Crippen LogP contribution in [0.3, 0.4) is 0 Å². The fourth-order valence-electron chi connectivity index (χ4n) is 3.21. The van der Waals surface area contributed by atoms with Gasteiger partial charge in [0.25, 0.3) is 11.3 Å². The number of aryl methyl sites for hydroxylation is 1. The molecule has 0 radical (unpaired) electrons. The molecule has 0 saturated heterocycles. The Morgan fingerprint density at radius 2 is 1.93 bits per heavy atom. The van der Waals surface area contributed by atoms with Gasteiger partial charge < -0.3 is 4.74 Å². The molecular formula is C21H21N5O3S. The van der Waals surface area contributed by atoms with Crippen molar-refractivity contribution in [1.82, 2.24) is 24.1 Å². The lowest BCUT2D eigenvalue weighted by molar-refractivity contribution is 0.0500. The van der Waals surface area contributed by atoms with E-state index < -0.39 is 0 Å². The number of aromatic nitrogens is 5. The van der Waals surface area contributed by atoms with Gasteiger partial charge in [0.1, 0.15) is 0 Å². The van der Waals surface area contributed by atoms with Crippen molar-refractivity contribution < 1.29 is 9.53 Å². The van der Waals surface area contributed by atoms with Crippen LogP contribution in [0.1, 0.15) is 35.8 Å². The summed E-state index contributed by atoms with van der Waals surface area (Å²) in [5.74, 6) is 0.103. The summed E-state index contributed by atoms with van der Waals surface area (Å²) in [6, 6.07) is 8.61. The lowest BCUT2D eigenvalue weighted by Gasteiger charge is -2.10. The summed E-state index contributed by atoms with van der Waals surface area (Å²) in [6.45, 7) is 4.23. The van der Waals surface area contributed by atoms with E-state index in [9.17, 15) is 9.59 Å². The fourth-order valence-corrected chi connectivity index (χ4v) is 3.54. The summed E-state index contributed by atoms with van der Waals surface area (Å²) in [7, 11) is 0. The molecule has 0 atom stereocenters. The van der Waals surface area contributed by atoms with Crippen LogP contribution in [-0.4, -0.2) is 43.0 Å². The molecule has 1 aromatic carbocycles. The number of rotatable bonds is 6. The largest absolute Gasteiger partial charge is 0.462 e. The Bertz CT molecular complexity index is 1290. The summed E-state index contributed by atoms with van der Waals surface area (Å²) in [6.07, 6.45) is 5.38. The van der Waals surface area contributed by atoms with Crippen molar-refractivity contribution in [3.05, 3.63) is 58.1 Å². The highest BCUT2D eigenvalue weighted by Gasteiger charge is 2.15. The van der Waals surface area contributed by atoms with Crippen LogP contribution in [0.25, 0.3) is 22.4 Å². The Morgan fingerprint density at radius 3 is 2.63 bits per heavy atom. The van der Waals surface area contributed by atoms with Crippen molar-refractivity contribution >= 4 is 34.4 Å². The van der Waals surface area contributed by atoms with Gasteiger partial charge >= 0.3 is 5.97 Å². The molecule has 0 fully saturated rings. The first-order valence-electron chi connectivity index (χ1n) is 9.63. The molecular weight excluding hydrogens is 402 g/mol. The Morgan fingerprint density at radius 1 is 1.17 bits per heavy atom. The molecule has 0 bridgehead atoms. The molecule has 0 saturated carbocycles. The maximum atomic E-state index is 13.2. The van der Waals surface area contributed by atoms with Gasteiger partial charge in [0.15, 0.2) is 0 Å². The molecule has 0 amide bonds. The number of ether oxygens (including phenoxy) is 1. The third-order valence-electron chi connectivity index (χ3n) is 4.79. The van der Waals surface area contributed by atoms with Gasteiger partial charge in [-0.05, 0) is 49.9 Å². The summed E-state index contributed by atoms with van der Waals surface area (Å²) < 4.78 is 8.35. The van der Waals surface area contributed by atoms with Crippen LogP contribution in [0.2, 0.25) is 0 Å². The molecule has 3 heterocycles. The first kappa shape index (κ1) is 20.1. The maximum absolute atomic E-state index is 13.2. The van der Waals surface area contributed by atoms with Gasteiger partial charge in [0, 0.05) is 11.9 Å². The van der Waals surface area contributed by atoms with Crippen molar-refractivity contribution in [3.63, 3.8) is 0 Å². The standard InChI is InChI=1S/C21H21N5O3S/c1-4-5-12-29-19(28)14-6-8-15(9-7-14)25-11-10-16-17(18(25)27)13(2)22-20-23-21(30-3)24-26(16)20/h6-11H,4-5,12H2,1-3H3. The third-order valence-corrected chi connectivity index (χ3v) is 5.33. The first-order chi connectivity index (χ1) is 14.5. The molecule has 8 nitrogen and oxygen atoms in total. The second kappa shape index (κ2) is 8.27. The minimum atomic E-state index is -0.362. The second-order valence-corrected chi connectivity index (χ2v) is 7.57. The molecule has 0 spiro atoms. The van der Waals surface area contributed by atoms with Crippen LogP contribution >= 0.6 is 11.8 Å². The van der Waals surface area contributed by atoms with Crippen LogP contribution in [-0.2, 0) is 4.74 Å². The highest BCUT2D eigenvalue weighted by atomic mass is 32.2. The SMILES string of the molecule is CCCCOC(=O)c1ccc(-n2ccc3c(c(C)nc4nc(SC)nn43)c2=O)cc1. The minimum Gasteiger partial charge on any atom is -0.462 e. The summed E-state index contributed by atoms with van der Waals surface area (Å²) in [5, 5.41) is 5.49. The van der Waals surface area contributed by atoms with E-state index in [2.05, 4.69) is 15.1 Å². The average molecular weight is 423 g/mol. The van der Waals surface area contributed by atoms with E-state index in [0.29, 0.717) is 45.4 Å². The van der Waals surface area contributed by atoms with Gasteiger partial charge in [-0.25, -0.2) is 9.78 Å². The molecule has 4 aromatic rings. The summed E-state index contributed by atoms with van der Waals surface area (Å²) >= 11 is 1.42. The highest BCUT2D eigenvalue weighted by molar-refractivity contribution is 7.98. The fraction of sp³-hybridized carbons (Fsp3) is 0.286. The average Bonchev–Trinajstić information content (AvgIpc) is 3.17. The molecule has 0 aliphatic heterocycles. The van der Waals surface area contributed by atoms with Crippen molar-refractivity contribution in [2.45, 2.75) is 31.8 Å². The summed E-state index contributed by atoms with van der Waals surface area (Å²) in [4.78, 5) is 34.1. The van der Waals surface area contributed by atoms with E-state index in [4.69, 9.17) is 4.74 Å². The molecule has 9 heteroatoms. The highest BCUT2D eigenvalue weighted by Crippen LogP contribution is 2.18. The van der Waals surface area contributed by atoms with E-state index in [1.807, 2.05) is 19.2 Å². The molecule has 0 aliphatic rings. The van der Waals surface area contributed by atoms with Crippen LogP contribution < -0.4 is 5.56 Å². The van der Waals surface area contributed by atoms with Crippen molar-refractivity contribution in [3.8, 4) is 5.69 Å². The number of benzene rings is 1. The van der Waals surface area contributed by atoms with Gasteiger partial charge in [-0.1, -0.05) is 25.1 Å².